The second-order valence-electron chi connectivity index (χ2n) is 4.82. The summed E-state index contributed by atoms with van der Waals surface area (Å²) < 4.78 is 35.6. The minimum Gasteiger partial charge on any atom is -0.481 e. The van der Waals surface area contributed by atoms with Gasteiger partial charge in [-0.05, 0) is 35.9 Å². The Kier molecular flexibility index (Phi) is 6.17. The van der Waals surface area contributed by atoms with Crippen molar-refractivity contribution >= 4 is 46.1 Å². The van der Waals surface area contributed by atoms with Crippen molar-refractivity contribution in [3.8, 4) is 0 Å². The van der Waals surface area contributed by atoms with Crippen LogP contribution in [0, 0.1) is 5.82 Å². The van der Waals surface area contributed by atoms with E-state index in [1.807, 2.05) is 0 Å². The fourth-order valence-corrected chi connectivity index (χ4v) is 3.19. The number of benzene rings is 2. The van der Waals surface area contributed by atoms with Gasteiger partial charge in [-0.25, -0.2) is 8.60 Å². The molecule has 2 atom stereocenters. The van der Waals surface area contributed by atoms with Gasteiger partial charge in [0.25, 0.3) is 11.3 Å². The Hall–Kier alpha value is -1.67. The third-order valence-corrected chi connectivity index (χ3v) is 4.77. The molecule has 0 fully saturated rings. The normalized spacial score (nSPS) is 13.3. The molecule has 5 nitrogen and oxygen atoms in total. The number of carboxylic acid groups (broad SMARTS) is 1. The van der Waals surface area contributed by atoms with Gasteiger partial charge in [-0.1, -0.05) is 35.3 Å². The zero-order chi connectivity index (χ0) is 17.9. The number of carbonyl (C=O) groups is 1. The highest BCUT2D eigenvalue weighted by Gasteiger charge is 2.28. The van der Waals surface area contributed by atoms with E-state index >= 15 is 0 Å². The summed E-state index contributed by atoms with van der Waals surface area (Å²) in [5, 5.41) is 9.55. The first kappa shape index (κ1) is 18.7. The van der Waals surface area contributed by atoms with Crippen LogP contribution < -0.4 is 4.31 Å². The Bertz CT molecular complexity index is 773. The molecule has 0 spiro atoms. The standard InChI is InChI=1S/C15H12Cl2FNO4S/c16-12-6-5-11(7-13(12)17)19(24(22)23)14(8-15(20)21)9-1-3-10(18)4-2-9/h1-7,14H,8H2,(H,20,21)(H,22,23). The predicted octanol–water partition coefficient (Wildman–Crippen LogP) is 4.29. The first-order chi connectivity index (χ1) is 11.3. The van der Waals surface area contributed by atoms with E-state index < -0.39 is 35.5 Å². The molecule has 0 aliphatic heterocycles. The van der Waals surface area contributed by atoms with Crippen molar-refractivity contribution in [2.45, 2.75) is 12.5 Å². The van der Waals surface area contributed by atoms with Crippen LogP contribution in [-0.4, -0.2) is 19.8 Å². The largest absolute Gasteiger partial charge is 0.481 e. The average molecular weight is 392 g/mol. The van der Waals surface area contributed by atoms with E-state index in [-0.39, 0.29) is 15.7 Å². The molecule has 128 valence electrons. The van der Waals surface area contributed by atoms with Gasteiger partial charge in [0.2, 0.25) is 0 Å². The molecule has 2 N–H and O–H groups in total. The quantitative estimate of drug-likeness (QED) is 0.719. The van der Waals surface area contributed by atoms with Gasteiger partial charge in [-0.3, -0.25) is 13.7 Å². The highest BCUT2D eigenvalue weighted by atomic mass is 35.5. The van der Waals surface area contributed by atoms with Crippen molar-refractivity contribution in [1.29, 1.82) is 0 Å². The molecule has 0 amide bonds. The van der Waals surface area contributed by atoms with Gasteiger partial charge in [0.15, 0.2) is 0 Å². The van der Waals surface area contributed by atoms with Crippen LogP contribution in [0.3, 0.4) is 0 Å². The number of hydrogen-bond donors (Lipinski definition) is 2. The summed E-state index contributed by atoms with van der Waals surface area (Å²) in [5.41, 5.74) is 0.577. The summed E-state index contributed by atoms with van der Waals surface area (Å²) in [6, 6.07) is 8.25. The van der Waals surface area contributed by atoms with Crippen molar-refractivity contribution in [3.05, 3.63) is 63.9 Å². The molecular formula is C15H12Cl2FNO4S. The number of nitrogens with zero attached hydrogens (tertiary/aromatic N) is 1. The van der Waals surface area contributed by atoms with E-state index in [2.05, 4.69) is 0 Å². The second kappa shape index (κ2) is 7.94. The molecule has 24 heavy (non-hydrogen) atoms. The van der Waals surface area contributed by atoms with E-state index in [4.69, 9.17) is 28.3 Å². The number of halogens is 3. The highest BCUT2D eigenvalue weighted by Crippen LogP contribution is 2.34. The average Bonchev–Trinajstić information content (AvgIpc) is 2.50. The lowest BCUT2D eigenvalue weighted by Gasteiger charge is -2.29. The smallest absolute Gasteiger partial charge is 0.305 e. The first-order valence-electron chi connectivity index (χ1n) is 6.62. The van der Waals surface area contributed by atoms with Crippen molar-refractivity contribution in [1.82, 2.24) is 0 Å². The maximum atomic E-state index is 13.1. The van der Waals surface area contributed by atoms with E-state index in [9.17, 15) is 17.9 Å². The van der Waals surface area contributed by atoms with E-state index in [1.54, 1.807) is 0 Å². The van der Waals surface area contributed by atoms with Crippen LogP contribution >= 0.6 is 23.2 Å². The predicted molar refractivity (Wildman–Crippen MR) is 91.1 cm³/mol. The second-order valence-corrected chi connectivity index (χ2v) is 6.49. The summed E-state index contributed by atoms with van der Waals surface area (Å²) >= 11 is 9.23. The lowest BCUT2D eigenvalue weighted by atomic mass is 10.0. The molecule has 0 heterocycles. The molecule has 0 aliphatic rings. The fourth-order valence-electron chi connectivity index (χ4n) is 2.19. The zero-order valence-electron chi connectivity index (χ0n) is 12.0. The van der Waals surface area contributed by atoms with Crippen LogP contribution in [0.25, 0.3) is 0 Å². The summed E-state index contributed by atoms with van der Waals surface area (Å²) in [5.74, 6) is -1.68. The molecule has 2 rings (SSSR count). The Morgan fingerprint density at radius 3 is 2.29 bits per heavy atom. The van der Waals surface area contributed by atoms with Crippen molar-refractivity contribution in [3.63, 3.8) is 0 Å². The minimum absolute atomic E-state index is 0.151. The van der Waals surface area contributed by atoms with E-state index in [1.165, 1.54) is 30.3 Å². The monoisotopic (exact) mass is 391 g/mol. The van der Waals surface area contributed by atoms with Gasteiger partial charge < -0.3 is 5.11 Å². The SMILES string of the molecule is O=C(O)CC(c1ccc(F)cc1)N(c1ccc(Cl)c(Cl)c1)S(=O)O. The summed E-state index contributed by atoms with van der Waals surface area (Å²) in [4.78, 5) is 11.2. The molecule has 9 heteroatoms. The highest BCUT2D eigenvalue weighted by molar-refractivity contribution is 7.80. The molecule has 0 saturated carbocycles. The van der Waals surface area contributed by atoms with E-state index in [0.29, 0.717) is 5.56 Å². The molecule has 2 aromatic rings. The van der Waals surface area contributed by atoms with Crippen LogP contribution in [0.5, 0.6) is 0 Å². The number of hydrogen-bond acceptors (Lipinski definition) is 2. The van der Waals surface area contributed by atoms with Crippen LogP contribution in [-0.2, 0) is 16.1 Å². The number of aliphatic carboxylic acids is 1. The Labute approximate surface area is 150 Å². The molecule has 2 unspecified atom stereocenters. The van der Waals surface area contributed by atoms with Gasteiger partial charge in [0, 0.05) is 0 Å². The lowest BCUT2D eigenvalue weighted by molar-refractivity contribution is -0.137. The summed E-state index contributed by atoms with van der Waals surface area (Å²) in [6.45, 7) is 0. The summed E-state index contributed by atoms with van der Waals surface area (Å²) in [7, 11) is 0. The minimum atomic E-state index is -2.55. The van der Waals surface area contributed by atoms with Gasteiger partial charge >= 0.3 is 5.97 Å². The Morgan fingerprint density at radius 2 is 1.79 bits per heavy atom. The van der Waals surface area contributed by atoms with Crippen LogP contribution in [0.1, 0.15) is 18.0 Å². The third-order valence-electron chi connectivity index (χ3n) is 3.23. The molecular weight excluding hydrogens is 380 g/mol. The third kappa shape index (κ3) is 4.45. The molecule has 0 radical (unpaired) electrons. The van der Waals surface area contributed by atoms with Crippen molar-refractivity contribution < 1.29 is 23.1 Å². The lowest BCUT2D eigenvalue weighted by Crippen LogP contribution is -2.32. The van der Waals surface area contributed by atoms with Crippen molar-refractivity contribution in [2.24, 2.45) is 0 Å². The van der Waals surface area contributed by atoms with Gasteiger partial charge in [-0.15, -0.1) is 0 Å². The molecule has 0 aromatic heterocycles. The molecule has 0 saturated heterocycles. The maximum Gasteiger partial charge on any atom is 0.305 e. The number of anilines is 1. The first-order valence-corrected chi connectivity index (χ1v) is 8.44. The number of carboxylic acids is 1. The van der Waals surface area contributed by atoms with Crippen molar-refractivity contribution in [2.75, 3.05) is 4.31 Å². The van der Waals surface area contributed by atoms with Crippen LogP contribution in [0.2, 0.25) is 10.0 Å². The molecule has 0 aliphatic carbocycles. The fraction of sp³-hybridized carbons (Fsp3) is 0.133. The van der Waals surface area contributed by atoms with E-state index in [0.717, 1.165) is 16.4 Å². The van der Waals surface area contributed by atoms with Gasteiger partial charge in [0.05, 0.1) is 28.2 Å². The van der Waals surface area contributed by atoms with Gasteiger partial charge in [-0.2, -0.15) is 0 Å². The van der Waals surface area contributed by atoms with Crippen LogP contribution in [0.15, 0.2) is 42.5 Å². The maximum absolute atomic E-state index is 13.1. The van der Waals surface area contributed by atoms with Gasteiger partial charge in [0.1, 0.15) is 5.82 Å². The topological polar surface area (TPSA) is 77.8 Å². The Balaban J connectivity index is 2.53. The molecule has 2 aromatic carbocycles. The Morgan fingerprint density at radius 1 is 1.17 bits per heavy atom. The molecule has 0 bridgehead atoms. The number of rotatable bonds is 6. The zero-order valence-corrected chi connectivity index (χ0v) is 14.4. The van der Waals surface area contributed by atoms with Crippen LogP contribution in [0.4, 0.5) is 10.1 Å². The summed E-state index contributed by atoms with van der Waals surface area (Å²) in [6.07, 6.45) is -0.474.